The van der Waals surface area contributed by atoms with Crippen molar-refractivity contribution in [2.24, 2.45) is 0 Å². The van der Waals surface area contributed by atoms with Crippen LogP contribution in [0.2, 0.25) is 0 Å². The third-order valence-corrected chi connectivity index (χ3v) is 3.38. The van der Waals surface area contributed by atoms with Gasteiger partial charge in [0, 0.05) is 43.5 Å². The minimum Gasteiger partial charge on any atom is -0.314 e. The highest BCUT2D eigenvalue weighted by Crippen LogP contribution is 2.08. The fourth-order valence-corrected chi connectivity index (χ4v) is 2.27. The summed E-state index contributed by atoms with van der Waals surface area (Å²) in [6.45, 7) is 7.42. The molecule has 4 heteroatoms. The summed E-state index contributed by atoms with van der Waals surface area (Å²) in [4.78, 5) is 11.6. The summed E-state index contributed by atoms with van der Waals surface area (Å²) in [5.41, 5.74) is 2.23. The van der Waals surface area contributed by atoms with E-state index in [-0.39, 0.29) is 0 Å². The number of nitrogens with zero attached hydrogens (tertiary/aromatic N) is 3. The Morgan fingerprint density at radius 2 is 2.29 bits per heavy atom. The molecule has 1 N–H and O–H groups in total. The van der Waals surface area contributed by atoms with Gasteiger partial charge in [-0.05, 0) is 26.5 Å². The van der Waals surface area contributed by atoms with E-state index in [2.05, 4.69) is 40.2 Å². The van der Waals surface area contributed by atoms with Gasteiger partial charge in [-0.1, -0.05) is 6.92 Å². The van der Waals surface area contributed by atoms with Gasteiger partial charge in [0.25, 0.3) is 0 Å². The summed E-state index contributed by atoms with van der Waals surface area (Å²) in [7, 11) is 2.18. The van der Waals surface area contributed by atoms with Crippen molar-refractivity contribution in [3.8, 4) is 0 Å². The quantitative estimate of drug-likeness (QED) is 0.839. The van der Waals surface area contributed by atoms with Crippen LogP contribution in [-0.2, 0) is 12.8 Å². The van der Waals surface area contributed by atoms with Crippen molar-refractivity contribution in [3.05, 3.63) is 23.3 Å². The van der Waals surface area contributed by atoms with E-state index in [4.69, 9.17) is 0 Å². The van der Waals surface area contributed by atoms with Crippen LogP contribution in [0.1, 0.15) is 24.1 Å². The summed E-state index contributed by atoms with van der Waals surface area (Å²) < 4.78 is 0. The van der Waals surface area contributed by atoms with Crippen LogP contribution >= 0.6 is 0 Å². The molecule has 1 aliphatic rings. The average molecular weight is 234 g/mol. The number of aryl methyl sites for hydroxylation is 2. The number of nitrogens with one attached hydrogen (secondary N) is 1. The molecule has 1 aromatic rings. The van der Waals surface area contributed by atoms with E-state index in [1.54, 1.807) is 0 Å². The molecule has 4 nitrogen and oxygen atoms in total. The molecule has 94 valence electrons. The van der Waals surface area contributed by atoms with E-state index in [1.807, 2.05) is 6.92 Å². The summed E-state index contributed by atoms with van der Waals surface area (Å²) in [5.74, 6) is 0.988. The topological polar surface area (TPSA) is 41.1 Å². The van der Waals surface area contributed by atoms with Crippen LogP contribution in [0.25, 0.3) is 0 Å². The van der Waals surface area contributed by atoms with E-state index in [0.29, 0.717) is 6.04 Å². The van der Waals surface area contributed by atoms with Crippen molar-refractivity contribution in [2.45, 2.75) is 32.7 Å². The van der Waals surface area contributed by atoms with Crippen molar-refractivity contribution in [1.29, 1.82) is 0 Å². The number of rotatable bonds is 3. The molecule has 1 atom stereocenters. The molecule has 0 aromatic carbocycles. The third kappa shape index (κ3) is 3.23. The Bertz CT molecular complexity index is 378. The number of likely N-dealkylation sites (N-methyl/N-ethyl adjacent to an activating group) is 1. The summed E-state index contributed by atoms with van der Waals surface area (Å²) in [6.07, 6.45) is 1.92. The van der Waals surface area contributed by atoms with Crippen LogP contribution in [0.3, 0.4) is 0 Å². The molecule has 0 saturated carbocycles. The predicted octanol–water partition coefficient (Wildman–Crippen LogP) is 0.794. The minimum absolute atomic E-state index is 0.523. The summed E-state index contributed by atoms with van der Waals surface area (Å²) >= 11 is 0. The van der Waals surface area contributed by atoms with Crippen LogP contribution in [0.15, 0.2) is 6.07 Å². The van der Waals surface area contributed by atoms with Crippen LogP contribution in [0.5, 0.6) is 0 Å². The van der Waals surface area contributed by atoms with Crippen molar-refractivity contribution in [2.75, 3.05) is 26.7 Å². The van der Waals surface area contributed by atoms with Gasteiger partial charge >= 0.3 is 0 Å². The Morgan fingerprint density at radius 1 is 1.47 bits per heavy atom. The fraction of sp³-hybridized carbons (Fsp3) is 0.692. The number of hydrogen-bond donors (Lipinski definition) is 1. The minimum atomic E-state index is 0.523. The van der Waals surface area contributed by atoms with Gasteiger partial charge in [0.15, 0.2) is 0 Å². The zero-order valence-corrected chi connectivity index (χ0v) is 11.0. The van der Waals surface area contributed by atoms with Gasteiger partial charge in [0.05, 0.1) is 0 Å². The molecular weight excluding hydrogens is 212 g/mol. The maximum atomic E-state index is 4.62. The fourth-order valence-electron chi connectivity index (χ4n) is 2.27. The molecule has 2 rings (SSSR count). The van der Waals surface area contributed by atoms with Crippen molar-refractivity contribution >= 4 is 0 Å². The molecule has 0 spiro atoms. The van der Waals surface area contributed by atoms with Gasteiger partial charge in [-0.3, -0.25) is 0 Å². The average Bonchev–Trinajstić information content (AvgIpc) is 2.31. The molecule has 1 unspecified atom stereocenters. The summed E-state index contributed by atoms with van der Waals surface area (Å²) in [6, 6.07) is 2.60. The van der Waals surface area contributed by atoms with Crippen molar-refractivity contribution < 1.29 is 0 Å². The second-order valence-electron chi connectivity index (χ2n) is 4.81. The zero-order valence-electron chi connectivity index (χ0n) is 11.0. The highest BCUT2D eigenvalue weighted by atomic mass is 15.2. The second-order valence-corrected chi connectivity index (χ2v) is 4.81. The van der Waals surface area contributed by atoms with Gasteiger partial charge < -0.3 is 10.2 Å². The third-order valence-electron chi connectivity index (χ3n) is 3.38. The lowest BCUT2D eigenvalue weighted by Crippen LogP contribution is -2.50. The predicted molar refractivity (Wildman–Crippen MR) is 69.1 cm³/mol. The first-order chi connectivity index (χ1) is 8.19. The van der Waals surface area contributed by atoms with E-state index < -0.39 is 0 Å². The van der Waals surface area contributed by atoms with Gasteiger partial charge in [0.2, 0.25) is 0 Å². The smallest absolute Gasteiger partial charge is 0.130 e. The second kappa shape index (κ2) is 5.56. The van der Waals surface area contributed by atoms with Crippen LogP contribution in [0, 0.1) is 6.92 Å². The Labute approximate surface area is 103 Å². The van der Waals surface area contributed by atoms with Crippen LogP contribution in [-0.4, -0.2) is 47.6 Å². The zero-order chi connectivity index (χ0) is 12.3. The lowest BCUT2D eigenvalue weighted by Gasteiger charge is -2.32. The maximum absolute atomic E-state index is 4.62. The molecule has 17 heavy (non-hydrogen) atoms. The highest BCUT2D eigenvalue weighted by molar-refractivity contribution is 5.10. The van der Waals surface area contributed by atoms with Crippen molar-refractivity contribution in [3.63, 3.8) is 0 Å². The first-order valence-electron chi connectivity index (χ1n) is 6.43. The van der Waals surface area contributed by atoms with Gasteiger partial charge in [-0.2, -0.15) is 0 Å². The SMILES string of the molecule is CCc1cc(C)nc(CC2CNCCN2C)n1. The Morgan fingerprint density at radius 3 is 3.00 bits per heavy atom. The normalized spacial score (nSPS) is 21.7. The molecule has 0 amide bonds. The van der Waals surface area contributed by atoms with Gasteiger partial charge in [-0.25, -0.2) is 9.97 Å². The number of aromatic nitrogens is 2. The van der Waals surface area contributed by atoms with Gasteiger partial charge in [-0.15, -0.1) is 0 Å². The molecular formula is C13H22N4. The van der Waals surface area contributed by atoms with Gasteiger partial charge in [0.1, 0.15) is 5.82 Å². The van der Waals surface area contributed by atoms with Crippen LogP contribution < -0.4 is 5.32 Å². The van der Waals surface area contributed by atoms with E-state index >= 15 is 0 Å². The lowest BCUT2D eigenvalue weighted by molar-refractivity contribution is 0.197. The molecule has 1 aromatic heterocycles. The molecule has 0 radical (unpaired) electrons. The van der Waals surface area contributed by atoms with E-state index in [1.165, 1.54) is 0 Å². The number of hydrogen-bond acceptors (Lipinski definition) is 4. The molecule has 0 bridgehead atoms. The highest BCUT2D eigenvalue weighted by Gasteiger charge is 2.20. The molecule has 1 saturated heterocycles. The molecule has 0 aliphatic carbocycles. The largest absolute Gasteiger partial charge is 0.314 e. The van der Waals surface area contributed by atoms with E-state index in [9.17, 15) is 0 Å². The summed E-state index contributed by atoms with van der Waals surface area (Å²) in [5, 5.41) is 3.43. The lowest BCUT2D eigenvalue weighted by atomic mass is 10.1. The van der Waals surface area contributed by atoms with Crippen molar-refractivity contribution in [1.82, 2.24) is 20.2 Å². The first-order valence-corrected chi connectivity index (χ1v) is 6.43. The number of piperazine rings is 1. The monoisotopic (exact) mass is 234 g/mol. The Hall–Kier alpha value is -1.00. The molecule has 1 fully saturated rings. The first kappa shape index (κ1) is 12.5. The molecule has 2 heterocycles. The standard InChI is InChI=1S/C13H22N4/c1-4-11-7-10(2)15-13(16-11)8-12-9-14-5-6-17(12)3/h7,12,14H,4-6,8-9H2,1-3H3. The van der Waals surface area contributed by atoms with Crippen LogP contribution in [0.4, 0.5) is 0 Å². The Balaban J connectivity index is 2.09. The molecule has 1 aliphatic heterocycles. The Kier molecular flexibility index (Phi) is 4.07. The van der Waals surface area contributed by atoms with E-state index in [0.717, 1.165) is 49.7 Å². The maximum Gasteiger partial charge on any atom is 0.130 e.